The van der Waals surface area contributed by atoms with E-state index in [1.54, 1.807) is 12.1 Å². The summed E-state index contributed by atoms with van der Waals surface area (Å²) in [6, 6.07) is 6.87. The third-order valence-corrected chi connectivity index (χ3v) is 5.04. The van der Waals surface area contributed by atoms with E-state index in [-0.39, 0.29) is 23.0 Å². The third-order valence-electron chi connectivity index (χ3n) is 4.17. The molecule has 0 saturated carbocycles. The molecule has 0 atom stereocenters. The number of Topliss-reactive ketones (excluding diaryl/α,β-unsaturated/α-hetero) is 1. The highest BCUT2D eigenvalue weighted by molar-refractivity contribution is 7.99. The lowest BCUT2D eigenvalue weighted by molar-refractivity contribution is -0.116. The van der Waals surface area contributed by atoms with Crippen LogP contribution in [0.3, 0.4) is 0 Å². The van der Waals surface area contributed by atoms with Gasteiger partial charge in [-0.3, -0.25) is 14.4 Å². The van der Waals surface area contributed by atoms with Crippen LogP contribution in [0.25, 0.3) is 0 Å². The summed E-state index contributed by atoms with van der Waals surface area (Å²) in [4.78, 5) is 42.9. The van der Waals surface area contributed by atoms with Crippen molar-refractivity contribution in [3.63, 3.8) is 0 Å². The molecule has 2 aromatic rings. The number of rotatable bonds is 6. The molecule has 1 aliphatic heterocycles. The quantitative estimate of drug-likeness (QED) is 0.463. The fraction of sp³-hybridized carbons (Fsp3) is 0.368. The number of fused-ring (bicyclic) bond motifs is 1. The summed E-state index contributed by atoms with van der Waals surface area (Å²) in [5, 5.41) is 3.33. The molecule has 0 aliphatic carbocycles. The Kier molecular flexibility index (Phi) is 5.88. The average molecular weight is 371 g/mol. The first kappa shape index (κ1) is 18.4. The molecule has 0 unspecified atom stereocenters. The van der Waals surface area contributed by atoms with Crippen LogP contribution in [0.1, 0.15) is 47.8 Å². The van der Waals surface area contributed by atoms with Crippen molar-refractivity contribution in [2.24, 2.45) is 0 Å². The van der Waals surface area contributed by atoms with Crippen LogP contribution in [-0.4, -0.2) is 27.4 Å². The fourth-order valence-electron chi connectivity index (χ4n) is 2.90. The third kappa shape index (κ3) is 4.60. The number of H-pyrrole nitrogens is 1. The van der Waals surface area contributed by atoms with Crippen molar-refractivity contribution in [1.82, 2.24) is 9.97 Å². The highest BCUT2D eigenvalue weighted by Crippen LogP contribution is 2.24. The van der Waals surface area contributed by atoms with Crippen LogP contribution in [0.4, 0.5) is 5.69 Å². The maximum Gasteiger partial charge on any atom is 0.251 e. The molecular weight excluding hydrogens is 350 g/mol. The maximum atomic E-state index is 12.5. The van der Waals surface area contributed by atoms with E-state index in [4.69, 9.17) is 0 Å². The predicted molar refractivity (Wildman–Crippen MR) is 102 cm³/mol. The largest absolute Gasteiger partial charge is 0.326 e. The maximum absolute atomic E-state index is 12.5. The van der Waals surface area contributed by atoms with E-state index in [0.717, 1.165) is 42.6 Å². The number of benzene rings is 1. The zero-order valence-corrected chi connectivity index (χ0v) is 15.4. The Hall–Kier alpha value is -2.41. The number of anilines is 1. The predicted octanol–water partition coefficient (Wildman–Crippen LogP) is 2.97. The van der Waals surface area contributed by atoms with Gasteiger partial charge in [0.25, 0.3) is 5.56 Å². The molecule has 1 amide bonds. The van der Waals surface area contributed by atoms with Crippen molar-refractivity contribution in [2.45, 2.75) is 44.2 Å². The van der Waals surface area contributed by atoms with Gasteiger partial charge < -0.3 is 10.3 Å². The van der Waals surface area contributed by atoms with Crippen LogP contribution in [0.15, 0.2) is 34.2 Å². The number of hydrogen-bond donors (Lipinski definition) is 2. The van der Waals surface area contributed by atoms with Gasteiger partial charge in [0.05, 0.1) is 5.75 Å². The number of amides is 1. The second-order valence-electron chi connectivity index (χ2n) is 6.28. The van der Waals surface area contributed by atoms with Crippen molar-refractivity contribution >= 4 is 29.1 Å². The van der Waals surface area contributed by atoms with Crippen molar-refractivity contribution < 1.29 is 9.59 Å². The van der Waals surface area contributed by atoms with Crippen LogP contribution >= 0.6 is 11.8 Å². The number of nitrogens with one attached hydrogen (secondary N) is 2. The molecule has 0 bridgehead atoms. The Morgan fingerprint density at radius 3 is 2.88 bits per heavy atom. The molecule has 2 heterocycles. The standard InChI is InChI=1S/C19H21N3O3S/c1-2-4-14-10-18(25)22-19(20-14)26-11-16(23)13-7-8-15-12(9-13)5-3-6-17(24)21-15/h7-10H,2-6,11H2,1H3,(H,21,24)(H,20,22,25). The van der Waals surface area contributed by atoms with E-state index >= 15 is 0 Å². The number of carbonyl (C=O) groups excluding carboxylic acids is 2. The van der Waals surface area contributed by atoms with E-state index in [2.05, 4.69) is 15.3 Å². The van der Waals surface area contributed by atoms with Gasteiger partial charge >= 0.3 is 0 Å². The Morgan fingerprint density at radius 2 is 2.08 bits per heavy atom. The summed E-state index contributed by atoms with van der Waals surface area (Å²) in [5.41, 5.74) is 2.93. The molecule has 26 heavy (non-hydrogen) atoms. The van der Waals surface area contributed by atoms with Crippen LogP contribution in [-0.2, 0) is 17.6 Å². The summed E-state index contributed by atoms with van der Waals surface area (Å²) in [6.45, 7) is 2.03. The number of nitrogens with zero attached hydrogens (tertiary/aromatic N) is 1. The molecule has 1 aliphatic rings. The first-order valence-electron chi connectivity index (χ1n) is 8.74. The molecule has 0 radical (unpaired) electrons. The van der Waals surface area contributed by atoms with Gasteiger partial charge in [-0.05, 0) is 43.0 Å². The molecule has 0 spiro atoms. The smallest absolute Gasteiger partial charge is 0.251 e. The van der Waals surface area contributed by atoms with Crippen molar-refractivity contribution in [3.05, 3.63) is 51.4 Å². The molecule has 2 N–H and O–H groups in total. The van der Waals surface area contributed by atoms with Gasteiger partial charge in [-0.2, -0.15) is 0 Å². The van der Waals surface area contributed by atoms with Crippen LogP contribution in [0, 0.1) is 0 Å². The van der Waals surface area contributed by atoms with E-state index < -0.39 is 0 Å². The molecule has 1 aromatic carbocycles. The van der Waals surface area contributed by atoms with Gasteiger partial charge in [0.2, 0.25) is 5.91 Å². The topological polar surface area (TPSA) is 91.9 Å². The molecular formula is C19H21N3O3S. The second-order valence-corrected chi connectivity index (χ2v) is 7.24. The Morgan fingerprint density at radius 1 is 1.23 bits per heavy atom. The first-order chi connectivity index (χ1) is 12.5. The van der Waals surface area contributed by atoms with Gasteiger partial charge in [-0.25, -0.2) is 4.98 Å². The lowest BCUT2D eigenvalue weighted by Gasteiger charge is -2.09. The molecule has 6 nitrogen and oxygen atoms in total. The fourth-order valence-corrected chi connectivity index (χ4v) is 3.69. The molecule has 1 aromatic heterocycles. The monoisotopic (exact) mass is 371 g/mol. The highest BCUT2D eigenvalue weighted by atomic mass is 32.2. The Bertz CT molecular complexity index is 892. The van der Waals surface area contributed by atoms with Crippen LogP contribution < -0.4 is 10.9 Å². The zero-order valence-electron chi connectivity index (χ0n) is 14.6. The van der Waals surface area contributed by atoms with Crippen molar-refractivity contribution in [3.8, 4) is 0 Å². The van der Waals surface area contributed by atoms with E-state index in [1.807, 2.05) is 13.0 Å². The average Bonchev–Trinajstić information content (AvgIpc) is 2.79. The Balaban J connectivity index is 1.70. The number of ketones is 1. The number of aromatic nitrogens is 2. The minimum atomic E-state index is -0.195. The summed E-state index contributed by atoms with van der Waals surface area (Å²) < 4.78 is 0. The van der Waals surface area contributed by atoms with Gasteiger partial charge in [-0.15, -0.1) is 0 Å². The lowest BCUT2D eigenvalue weighted by Crippen LogP contribution is -2.12. The van der Waals surface area contributed by atoms with Gasteiger partial charge in [-0.1, -0.05) is 25.1 Å². The van der Waals surface area contributed by atoms with Crippen molar-refractivity contribution in [1.29, 1.82) is 0 Å². The van der Waals surface area contributed by atoms with Gasteiger partial charge in [0, 0.05) is 29.4 Å². The summed E-state index contributed by atoms with van der Waals surface area (Å²) in [7, 11) is 0. The van der Waals surface area contributed by atoms with Crippen LogP contribution in [0.5, 0.6) is 0 Å². The minimum Gasteiger partial charge on any atom is -0.326 e. The number of aryl methyl sites for hydroxylation is 2. The molecule has 7 heteroatoms. The number of carbonyl (C=O) groups is 2. The summed E-state index contributed by atoms with van der Waals surface area (Å²) in [6.07, 6.45) is 3.70. The first-order valence-corrected chi connectivity index (χ1v) is 9.72. The molecule has 136 valence electrons. The van der Waals surface area contributed by atoms with Gasteiger partial charge in [0.1, 0.15) is 0 Å². The summed E-state index contributed by atoms with van der Waals surface area (Å²) >= 11 is 1.23. The number of hydrogen-bond acceptors (Lipinski definition) is 5. The molecule has 0 fully saturated rings. The number of thioether (sulfide) groups is 1. The Labute approximate surface area is 155 Å². The minimum absolute atomic E-state index is 0.0142. The zero-order chi connectivity index (χ0) is 18.5. The van der Waals surface area contributed by atoms with E-state index in [9.17, 15) is 14.4 Å². The van der Waals surface area contributed by atoms with E-state index in [0.29, 0.717) is 17.1 Å². The normalized spacial score (nSPS) is 13.7. The highest BCUT2D eigenvalue weighted by Gasteiger charge is 2.15. The van der Waals surface area contributed by atoms with Crippen molar-refractivity contribution in [2.75, 3.05) is 11.1 Å². The molecule has 3 rings (SSSR count). The number of aromatic amines is 1. The second kappa shape index (κ2) is 8.31. The summed E-state index contributed by atoms with van der Waals surface area (Å²) in [5.74, 6) is 0.182. The SMILES string of the molecule is CCCc1cc(=O)[nH]c(SCC(=O)c2ccc3c(c2)CCCC(=O)N3)n1. The lowest BCUT2D eigenvalue weighted by atomic mass is 10.0. The van der Waals surface area contributed by atoms with E-state index in [1.165, 1.54) is 17.8 Å². The van der Waals surface area contributed by atoms with Crippen LogP contribution in [0.2, 0.25) is 0 Å². The molecule has 0 saturated heterocycles. The van der Waals surface area contributed by atoms with Gasteiger partial charge in [0.15, 0.2) is 10.9 Å².